The van der Waals surface area contributed by atoms with E-state index in [1.165, 1.54) is 4.90 Å². The zero-order valence-electron chi connectivity index (χ0n) is 24.3. The zero-order valence-corrected chi connectivity index (χ0v) is 25.2. The van der Waals surface area contributed by atoms with Gasteiger partial charge < -0.3 is 10.2 Å². The van der Waals surface area contributed by atoms with Crippen LogP contribution in [0.2, 0.25) is 0 Å². The van der Waals surface area contributed by atoms with Gasteiger partial charge in [-0.3, -0.25) is 13.9 Å². The molecule has 3 rings (SSSR count). The number of nitrogens with one attached hydrogen (secondary N) is 1. The van der Waals surface area contributed by atoms with Crippen LogP contribution in [0.5, 0.6) is 0 Å². The van der Waals surface area contributed by atoms with Crippen LogP contribution in [0.4, 0.5) is 5.69 Å². The van der Waals surface area contributed by atoms with Gasteiger partial charge in [0.25, 0.3) is 0 Å². The van der Waals surface area contributed by atoms with Crippen LogP contribution < -0.4 is 9.62 Å². The Bertz CT molecular complexity index is 1410. The molecule has 7 nitrogen and oxygen atoms in total. The topological polar surface area (TPSA) is 86.8 Å². The molecule has 0 aliphatic heterocycles. The third kappa shape index (κ3) is 8.42. The van der Waals surface area contributed by atoms with Crippen LogP contribution in [0.15, 0.2) is 72.8 Å². The van der Waals surface area contributed by atoms with Gasteiger partial charge in [0.1, 0.15) is 12.6 Å². The number of amides is 2. The van der Waals surface area contributed by atoms with Crippen LogP contribution in [-0.4, -0.2) is 50.0 Å². The molecule has 0 saturated carbocycles. The van der Waals surface area contributed by atoms with Crippen LogP contribution >= 0.6 is 0 Å². The average molecular weight is 564 g/mol. The van der Waals surface area contributed by atoms with E-state index in [2.05, 4.69) is 5.32 Å². The predicted molar refractivity (Wildman–Crippen MR) is 162 cm³/mol. The van der Waals surface area contributed by atoms with E-state index in [4.69, 9.17) is 0 Å². The fourth-order valence-electron chi connectivity index (χ4n) is 4.47. The molecule has 0 bridgehead atoms. The van der Waals surface area contributed by atoms with Gasteiger partial charge >= 0.3 is 0 Å². The SMILES string of the molecule is CCC(C)NC(=O)C(Cc1ccccc1)N(Cc1ccc(C)cc1)C(=O)CN(c1cc(C)ccc1C)S(C)(=O)=O. The van der Waals surface area contributed by atoms with E-state index in [9.17, 15) is 18.0 Å². The van der Waals surface area contributed by atoms with Gasteiger partial charge in [-0.05, 0) is 62.4 Å². The lowest BCUT2D eigenvalue weighted by atomic mass is 10.0. The Balaban J connectivity index is 2.08. The Morgan fingerprint density at radius 3 is 2.10 bits per heavy atom. The van der Waals surface area contributed by atoms with Gasteiger partial charge in [0.2, 0.25) is 21.8 Å². The minimum Gasteiger partial charge on any atom is -0.352 e. The smallest absolute Gasteiger partial charge is 0.244 e. The fourth-order valence-corrected chi connectivity index (χ4v) is 5.37. The Labute approximate surface area is 239 Å². The quantitative estimate of drug-likeness (QED) is 0.339. The summed E-state index contributed by atoms with van der Waals surface area (Å²) >= 11 is 0. The molecular weight excluding hydrogens is 522 g/mol. The first kappa shape index (κ1) is 30.9. The van der Waals surface area contributed by atoms with Crippen LogP contribution in [0.25, 0.3) is 0 Å². The van der Waals surface area contributed by atoms with Gasteiger partial charge in [-0.25, -0.2) is 8.42 Å². The first-order valence-corrected chi connectivity index (χ1v) is 15.5. The maximum absolute atomic E-state index is 14.2. The maximum Gasteiger partial charge on any atom is 0.244 e. The molecule has 0 spiro atoms. The van der Waals surface area contributed by atoms with Crippen LogP contribution in [0.1, 0.15) is 48.1 Å². The molecule has 0 fully saturated rings. The van der Waals surface area contributed by atoms with Crippen molar-refractivity contribution in [3.05, 3.63) is 101 Å². The highest BCUT2D eigenvalue weighted by molar-refractivity contribution is 7.92. The minimum atomic E-state index is -3.81. The monoisotopic (exact) mass is 563 g/mol. The number of hydrogen-bond donors (Lipinski definition) is 1. The fraction of sp³-hybridized carbons (Fsp3) is 0.375. The zero-order chi connectivity index (χ0) is 29.4. The first-order valence-electron chi connectivity index (χ1n) is 13.6. The van der Waals surface area contributed by atoms with Crippen molar-refractivity contribution in [2.75, 3.05) is 17.1 Å². The second-order valence-corrected chi connectivity index (χ2v) is 12.5. The van der Waals surface area contributed by atoms with Gasteiger partial charge in [-0.2, -0.15) is 0 Å². The molecule has 40 heavy (non-hydrogen) atoms. The highest BCUT2D eigenvalue weighted by atomic mass is 32.2. The Morgan fingerprint density at radius 2 is 1.50 bits per heavy atom. The van der Waals surface area contributed by atoms with Gasteiger partial charge in [-0.15, -0.1) is 0 Å². The summed E-state index contributed by atoms with van der Waals surface area (Å²) in [5.41, 5.74) is 4.91. The Kier molecular flexibility index (Phi) is 10.5. The number of carbonyl (C=O) groups excluding carboxylic acids is 2. The lowest BCUT2D eigenvalue weighted by molar-refractivity contribution is -0.140. The number of anilines is 1. The van der Waals surface area contributed by atoms with Gasteiger partial charge in [0.15, 0.2) is 0 Å². The summed E-state index contributed by atoms with van der Waals surface area (Å²) in [6, 6.07) is 21.9. The molecule has 2 atom stereocenters. The van der Waals surface area contributed by atoms with E-state index in [-0.39, 0.29) is 18.5 Å². The number of benzene rings is 3. The molecule has 8 heteroatoms. The average Bonchev–Trinajstić information content (AvgIpc) is 2.91. The molecule has 0 aliphatic carbocycles. The Morgan fingerprint density at radius 1 is 0.875 bits per heavy atom. The molecule has 2 amide bonds. The van der Waals surface area contributed by atoms with Gasteiger partial charge in [0.05, 0.1) is 11.9 Å². The van der Waals surface area contributed by atoms with Crippen molar-refractivity contribution in [2.45, 2.75) is 66.1 Å². The highest BCUT2D eigenvalue weighted by Crippen LogP contribution is 2.25. The molecule has 0 radical (unpaired) electrons. The molecular formula is C32H41N3O4S. The van der Waals surface area contributed by atoms with Crippen molar-refractivity contribution >= 4 is 27.5 Å². The maximum atomic E-state index is 14.2. The lowest BCUT2D eigenvalue weighted by Gasteiger charge is -2.34. The van der Waals surface area contributed by atoms with Crippen molar-refractivity contribution in [1.82, 2.24) is 10.2 Å². The van der Waals surface area contributed by atoms with Crippen molar-refractivity contribution in [2.24, 2.45) is 0 Å². The highest BCUT2D eigenvalue weighted by Gasteiger charge is 2.33. The second kappa shape index (κ2) is 13.6. The lowest BCUT2D eigenvalue weighted by Crippen LogP contribution is -2.54. The summed E-state index contributed by atoms with van der Waals surface area (Å²) < 4.78 is 27.2. The summed E-state index contributed by atoms with van der Waals surface area (Å²) in [4.78, 5) is 29.4. The molecule has 0 aliphatic rings. The van der Waals surface area contributed by atoms with Crippen LogP contribution in [0, 0.1) is 20.8 Å². The minimum absolute atomic E-state index is 0.0791. The number of rotatable bonds is 12. The van der Waals surface area contributed by atoms with Crippen LogP contribution in [0.3, 0.4) is 0 Å². The van der Waals surface area contributed by atoms with Crippen molar-refractivity contribution < 1.29 is 18.0 Å². The number of aryl methyl sites for hydroxylation is 3. The first-order chi connectivity index (χ1) is 18.9. The van der Waals surface area contributed by atoms with Crippen molar-refractivity contribution in [3.8, 4) is 0 Å². The van der Waals surface area contributed by atoms with Crippen molar-refractivity contribution in [1.29, 1.82) is 0 Å². The van der Waals surface area contributed by atoms with Gasteiger partial charge in [0, 0.05) is 19.0 Å². The summed E-state index contributed by atoms with van der Waals surface area (Å²) in [5, 5.41) is 3.05. The number of carbonyl (C=O) groups is 2. The summed E-state index contributed by atoms with van der Waals surface area (Å²) in [5.74, 6) is -0.719. The number of hydrogen-bond acceptors (Lipinski definition) is 4. The van der Waals surface area contributed by atoms with Crippen LogP contribution in [-0.2, 0) is 32.6 Å². The van der Waals surface area contributed by atoms with E-state index < -0.39 is 28.5 Å². The van der Waals surface area contributed by atoms with E-state index in [1.54, 1.807) is 6.07 Å². The summed E-state index contributed by atoms with van der Waals surface area (Å²) in [7, 11) is -3.81. The molecule has 214 valence electrons. The van der Waals surface area contributed by atoms with E-state index in [1.807, 2.05) is 101 Å². The summed E-state index contributed by atoms with van der Waals surface area (Å²) in [6.07, 6.45) is 2.14. The van der Waals surface area contributed by atoms with E-state index in [0.717, 1.165) is 44.8 Å². The number of nitrogens with zero attached hydrogens (tertiary/aromatic N) is 2. The van der Waals surface area contributed by atoms with E-state index in [0.29, 0.717) is 12.1 Å². The molecule has 2 unspecified atom stereocenters. The molecule has 3 aromatic rings. The van der Waals surface area contributed by atoms with E-state index >= 15 is 0 Å². The summed E-state index contributed by atoms with van der Waals surface area (Å²) in [6.45, 7) is 9.34. The third-order valence-corrected chi connectivity index (χ3v) is 8.18. The van der Waals surface area contributed by atoms with Crippen molar-refractivity contribution in [3.63, 3.8) is 0 Å². The second-order valence-electron chi connectivity index (χ2n) is 10.6. The number of sulfonamides is 1. The molecule has 0 saturated heterocycles. The molecule has 0 heterocycles. The largest absolute Gasteiger partial charge is 0.352 e. The standard InChI is InChI=1S/C32H41N3O4S/c1-7-26(5)33-32(37)30(20-27-11-9-8-10-12-27)34(21-28-17-14-23(2)15-18-28)31(36)22-35(40(6,38)39)29-19-24(3)13-16-25(29)4/h8-19,26,30H,7,20-22H2,1-6H3,(H,33,37). The Hall–Kier alpha value is -3.65. The molecule has 3 aromatic carbocycles. The molecule has 0 aromatic heterocycles. The van der Waals surface area contributed by atoms with Gasteiger partial charge in [-0.1, -0.05) is 79.2 Å². The normalized spacial score (nSPS) is 12.8. The molecule has 1 N–H and O–H groups in total. The third-order valence-electron chi connectivity index (χ3n) is 7.06. The predicted octanol–water partition coefficient (Wildman–Crippen LogP) is 4.93.